The summed E-state index contributed by atoms with van der Waals surface area (Å²) < 4.78 is 2.21. The molecule has 2 aliphatic heterocycles. The molecule has 0 N–H and O–H groups in total. The summed E-state index contributed by atoms with van der Waals surface area (Å²) in [5.74, 6) is 3.56. The number of fused-ring (bicyclic) bond motifs is 1. The Balaban J connectivity index is 1.51. The Kier molecular flexibility index (Phi) is 5.27. The van der Waals surface area contributed by atoms with E-state index >= 15 is 0 Å². The van der Waals surface area contributed by atoms with Crippen molar-refractivity contribution in [3.63, 3.8) is 0 Å². The number of anilines is 2. The molecule has 1 unspecified atom stereocenters. The molecule has 0 aliphatic carbocycles. The highest BCUT2D eigenvalue weighted by molar-refractivity contribution is 5.81. The average molecular weight is 406 g/mol. The van der Waals surface area contributed by atoms with Crippen molar-refractivity contribution in [3.8, 4) is 0 Å². The maximum atomic E-state index is 5.13. The highest BCUT2D eigenvalue weighted by Gasteiger charge is 2.30. The first kappa shape index (κ1) is 19.3. The minimum absolute atomic E-state index is 0.367. The Morgan fingerprint density at radius 1 is 0.867 bits per heavy atom. The third-order valence-electron chi connectivity index (χ3n) is 6.43. The molecular weight excluding hydrogens is 374 g/mol. The van der Waals surface area contributed by atoms with Crippen molar-refractivity contribution in [2.24, 2.45) is 0 Å². The van der Waals surface area contributed by atoms with E-state index < -0.39 is 0 Å². The van der Waals surface area contributed by atoms with Crippen LogP contribution in [0, 0.1) is 0 Å². The lowest BCUT2D eigenvalue weighted by Crippen LogP contribution is -2.39. The molecule has 0 radical (unpaired) electrons. The van der Waals surface area contributed by atoms with Gasteiger partial charge in [0.1, 0.15) is 12.2 Å². The smallest absolute Gasteiger partial charge is 0.172 e. The van der Waals surface area contributed by atoms with E-state index in [0.717, 1.165) is 67.5 Å². The van der Waals surface area contributed by atoms with Crippen LogP contribution in [-0.2, 0) is 0 Å². The van der Waals surface area contributed by atoms with Gasteiger partial charge >= 0.3 is 0 Å². The zero-order chi connectivity index (χ0) is 20.5. The van der Waals surface area contributed by atoms with E-state index in [1.807, 2.05) is 18.5 Å². The number of nitrogens with zero attached hydrogens (tertiary/aromatic N) is 7. The summed E-state index contributed by atoms with van der Waals surface area (Å²) >= 11 is 0. The predicted molar refractivity (Wildman–Crippen MR) is 120 cm³/mol. The van der Waals surface area contributed by atoms with Gasteiger partial charge in [-0.2, -0.15) is 0 Å². The molecule has 2 saturated heterocycles. The normalized spacial score (nSPS) is 20.3. The number of piperidine rings is 2. The topological polar surface area (TPSA) is 63.0 Å². The van der Waals surface area contributed by atoms with Gasteiger partial charge in [-0.3, -0.25) is 0 Å². The lowest BCUT2D eigenvalue weighted by Gasteiger charge is -2.37. The average Bonchev–Trinajstić information content (AvgIpc) is 3.29. The summed E-state index contributed by atoms with van der Waals surface area (Å²) in [5, 5.41) is 8.70. The van der Waals surface area contributed by atoms with Crippen LogP contribution in [0.25, 0.3) is 11.0 Å². The molecule has 2 fully saturated rings. The molecule has 2 aromatic heterocycles. The van der Waals surface area contributed by atoms with Crippen LogP contribution in [0.5, 0.6) is 0 Å². The van der Waals surface area contributed by atoms with E-state index in [1.54, 1.807) is 0 Å². The molecule has 3 aromatic rings. The zero-order valence-electron chi connectivity index (χ0n) is 18.0. The van der Waals surface area contributed by atoms with E-state index in [2.05, 4.69) is 50.5 Å². The predicted octanol–water partition coefficient (Wildman–Crippen LogP) is 4.18. The van der Waals surface area contributed by atoms with Crippen molar-refractivity contribution >= 4 is 22.7 Å². The molecule has 2 aliphatic rings. The fourth-order valence-corrected chi connectivity index (χ4v) is 4.83. The van der Waals surface area contributed by atoms with Crippen LogP contribution < -0.4 is 9.80 Å². The summed E-state index contributed by atoms with van der Waals surface area (Å²) in [6.07, 6.45) is 7.91. The SMILES string of the molecule is CC(C)n1cnnc1C1CCCN(c2nc3ccccc3nc2N2CCCCC2)C1. The minimum atomic E-state index is 0.367. The molecule has 1 atom stereocenters. The Bertz CT molecular complexity index is 1010. The van der Waals surface area contributed by atoms with Gasteiger partial charge in [-0.25, -0.2) is 9.97 Å². The molecule has 4 heterocycles. The van der Waals surface area contributed by atoms with Gasteiger partial charge in [0.25, 0.3) is 0 Å². The number of para-hydroxylation sites is 2. The Morgan fingerprint density at radius 2 is 1.53 bits per heavy atom. The zero-order valence-corrected chi connectivity index (χ0v) is 18.0. The van der Waals surface area contributed by atoms with Crippen molar-refractivity contribution < 1.29 is 0 Å². The second-order valence-corrected chi connectivity index (χ2v) is 8.88. The van der Waals surface area contributed by atoms with Crippen molar-refractivity contribution in [3.05, 3.63) is 36.4 Å². The van der Waals surface area contributed by atoms with Crippen LogP contribution >= 0.6 is 0 Å². The minimum Gasteiger partial charge on any atom is -0.354 e. The maximum Gasteiger partial charge on any atom is 0.172 e. The third kappa shape index (κ3) is 3.61. The van der Waals surface area contributed by atoms with Crippen molar-refractivity contribution in [2.75, 3.05) is 36.0 Å². The second kappa shape index (κ2) is 8.20. The summed E-state index contributed by atoms with van der Waals surface area (Å²) in [6.45, 7) is 8.45. The molecule has 7 nitrogen and oxygen atoms in total. The third-order valence-corrected chi connectivity index (χ3v) is 6.43. The highest BCUT2D eigenvalue weighted by atomic mass is 15.3. The molecule has 1 aromatic carbocycles. The maximum absolute atomic E-state index is 5.13. The Labute approximate surface area is 178 Å². The van der Waals surface area contributed by atoms with Crippen LogP contribution in [0.2, 0.25) is 0 Å². The molecule has 0 amide bonds. The highest BCUT2D eigenvalue weighted by Crippen LogP contribution is 2.35. The summed E-state index contributed by atoms with van der Waals surface area (Å²) in [4.78, 5) is 15.1. The van der Waals surface area contributed by atoms with Crippen molar-refractivity contribution in [1.82, 2.24) is 24.7 Å². The molecule has 30 heavy (non-hydrogen) atoms. The number of benzene rings is 1. The van der Waals surface area contributed by atoms with Gasteiger partial charge in [-0.05, 0) is 58.1 Å². The lowest BCUT2D eigenvalue weighted by molar-refractivity contribution is 0.452. The van der Waals surface area contributed by atoms with Gasteiger partial charge in [0.15, 0.2) is 11.6 Å². The Morgan fingerprint density at radius 3 is 2.23 bits per heavy atom. The quantitative estimate of drug-likeness (QED) is 0.649. The van der Waals surface area contributed by atoms with E-state index in [-0.39, 0.29) is 0 Å². The van der Waals surface area contributed by atoms with E-state index in [9.17, 15) is 0 Å². The first-order valence-electron chi connectivity index (χ1n) is 11.4. The standard InChI is InChI=1S/C23H31N7/c1-17(2)30-16-24-27-21(30)18-9-8-14-29(15-18)23-22(28-12-6-3-7-13-28)25-19-10-4-5-11-20(19)26-23/h4-5,10-11,16-18H,3,6-9,12-15H2,1-2H3. The largest absolute Gasteiger partial charge is 0.354 e. The first-order chi connectivity index (χ1) is 14.7. The molecule has 7 heteroatoms. The molecule has 0 bridgehead atoms. The summed E-state index contributed by atoms with van der Waals surface area (Å²) in [7, 11) is 0. The molecule has 0 saturated carbocycles. The van der Waals surface area contributed by atoms with Gasteiger partial charge in [-0.15, -0.1) is 10.2 Å². The number of hydrogen-bond acceptors (Lipinski definition) is 6. The van der Waals surface area contributed by atoms with Crippen molar-refractivity contribution in [2.45, 2.75) is 57.9 Å². The molecular formula is C23H31N7. The van der Waals surface area contributed by atoms with Gasteiger partial charge in [-0.1, -0.05) is 12.1 Å². The molecule has 158 valence electrons. The molecule has 5 rings (SSSR count). The van der Waals surface area contributed by atoms with Gasteiger partial charge < -0.3 is 14.4 Å². The fraction of sp³-hybridized carbons (Fsp3) is 0.565. The lowest BCUT2D eigenvalue weighted by atomic mass is 9.96. The Hall–Kier alpha value is -2.70. The first-order valence-corrected chi connectivity index (χ1v) is 11.4. The van der Waals surface area contributed by atoms with Gasteiger partial charge in [0, 0.05) is 38.1 Å². The van der Waals surface area contributed by atoms with E-state index in [0.29, 0.717) is 12.0 Å². The van der Waals surface area contributed by atoms with E-state index in [1.165, 1.54) is 19.3 Å². The number of hydrogen-bond donors (Lipinski definition) is 0. The summed E-state index contributed by atoms with van der Waals surface area (Å²) in [5.41, 5.74) is 1.95. The van der Waals surface area contributed by atoms with Crippen LogP contribution in [-0.4, -0.2) is 50.9 Å². The number of rotatable bonds is 4. The second-order valence-electron chi connectivity index (χ2n) is 8.88. The van der Waals surface area contributed by atoms with Crippen LogP contribution in [0.3, 0.4) is 0 Å². The van der Waals surface area contributed by atoms with Crippen LogP contribution in [0.1, 0.15) is 63.7 Å². The monoisotopic (exact) mass is 405 g/mol. The fourth-order valence-electron chi connectivity index (χ4n) is 4.83. The molecule has 0 spiro atoms. The van der Waals surface area contributed by atoms with Gasteiger partial charge in [0.2, 0.25) is 0 Å². The van der Waals surface area contributed by atoms with Gasteiger partial charge in [0.05, 0.1) is 11.0 Å². The van der Waals surface area contributed by atoms with E-state index in [4.69, 9.17) is 9.97 Å². The van der Waals surface area contributed by atoms with Crippen LogP contribution in [0.4, 0.5) is 11.6 Å². The van der Waals surface area contributed by atoms with Crippen molar-refractivity contribution in [1.29, 1.82) is 0 Å². The summed E-state index contributed by atoms with van der Waals surface area (Å²) in [6, 6.07) is 8.61. The van der Waals surface area contributed by atoms with Crippen LogP contribution in [0.15, 0.2) is 30.6 Å². The number of aromatic nitrogens is 5.